The number of rotatable bonds is 5. The van der Waals surface area contributed by atoms with Crippen molar-refractivity contribution in [2.45, 2.75) is 18.7 Å². The molecule has 1 aromatic carbocycles. The Kier molecular flexibility index (Phi) is 4.00. The Morgan fingerprint density at radius 2 is 1.92 bits per heavy atom. The highest BCUT2D eigenvalue weighted by atomic mass is 32.2. The first kappa shape index (κ1) is 14.9. The van der Waals surface area contributed by atoms with Crippen molar-refractivity contribution >= 4 is 22.8 Å². The molecule has 7 heteroatoms. The lowest BCUT2D eigenvalue weighted by molar-refractivity contribution is 0.465. The van der Waals surface area contributed by atoms with Gasteiger partial charge in [-0.3, -0.25) is 4.98 Å². The molecule has 0 bridgehead atoms. The van der Waals surface area contributed by atoms with E-state index in [9.17, 15) is 0 Å². The summed E-state index contributed by atoms with van der Waals surface area (Å²) in [4.78, 5) is 8.56. The van der Waals surface area contributed by atoms with Crippen molar-refractivity contribution in [3.05, 3.63) is 54.6 Å². The van der Waals surface area contributed by atoms with Crippen LogP contribution in [0.15, 0.2) is 58.4 Å². The molecule has 0 saturated heterocycles. The van der Waals surface area contributed by atoms with E-state index in [1.807, 2.05) is 37.3 Å². The second-order valence-electron chi connectivity index (χ2n) is 5.26. The van der Waals surface area contributed by atoms with Gasteiger partial charge >= 0.3 is 0 Å². The largest absolute Gasteiger partial charge is 0.411 e. The SMILES string of the molecule is Cc1nc2ccccc2n1CCSc1nnc(-c2ccncc2)o1. The van der Waals surface area contributed by atoms with Gasteiger partial charge in [0.15, 0.2) is 0 Å². The third-order valence-corrected chi connectivity index (χ3v) is 4.52. The number of hydrogen-bond donors (Lipinski definition) is 0. The first-order valence-electron chi connectivity index (χ1n) is 7.60. The summed E-state index contributed by atoms with van der Waals surface area (Å²) in [7, 11) is 0. The number of aryl methyl sites for hydroxylation is 2. The molecule has 4 rings (SSSR count). The van der Waals surface area contributed by atoms with Gasteiger partial charge in [0.25, 0.3) is 5.22 Å². The molecule has 4 aromatic rings. The zero-order chi connectivity index (χ0) is 16.4. The number of aromatic nitrogens is 5. The van der Waals surface area contributed by atoms with E-state index in [-0.39, 0.29) is 0 Å². The van der Waals surface area contributed by atoms with Crippen LogP contribution in [0.4, 0.5) is 0 Å². The Morgan fingerprint density at radius 3 is 2.79 bits per heavy atom. The van der Waals surface area contributed by atoms with E-state index in [0.29, 0.717) is 11.1 Å². The maximum absolute atomic E-state index is 5.69. The zero-order valence-corrected chi connectivity index (χ0v) is 13.9. The Labute approximate surface area is 143 Å². The van der Waals surface area contributed by atoms with Crippen LogP contribution in [0, 0.1) is 6.92 Å². The first-order valence-corrected chi connectivity index (χ1v) is 8.58. The third kappa shape index (κ3) is 2.90. The van der Waals surface area contributed by atoms with Crippen LogP contribution < -0.4 is 0 Å². The van der Waals surface area contributed by atoms with Crippen LogP contribution in [0.1, 0.15) is 5.82 Å². The van der Waals surface area contributed by atoms with Crippen LogP contribution >= 0.6 is 11.8 Å². The molecule has 120 valence electrons. The summed E-state index contributed by atoms with van der Waals surface area (Å²) in [5, 5.41) is 8.76. The van der Waals surface area contributed by atoms with Gasteiger partial charge in [-0.15, -0.1) is 10.2 Å². The fraction of sp³-hybridized carbons (Fsp3) is 0.176. The molecule has 0 spiro atoms. The summed E-state index contributed by atoms with van der Waals surface area (Å²) in [6, 6.07) is 11.9. The van der Waals surface area contributed by atoms with Crippen LogP contribution in [-0.2, 0) is 6.54 Å². The first-order chi connectivity index (χ1) is 11.8. The smallest absolute Gasteiger partial charge is 0.276 e. The van der Waals surface area contributed by atoms with Gasteiger partial charge in [0.1, 0.15) is 5.82 Å². The summed E-state index contributed by atoms with van der Waals surface area (Å²) >= 11 is 1.55. The highest BCUT2D eigenvalue weighted by Crippen LogP contribution is 2.23. The van der Waals surface area contributed by atoms with E-state index >= 15 is 0 Å². The Hall–Kier alpha value is -2.67. The fourth-order valence-electron chi connectivity index (χ4n) is 2.58. The van der Waals surface area contributed by atoms with Gasteiger partial charge in [-0.05, 0) is 31.2 Å². The number of para-hydroxylation sites is 2. The topological polar surface area (TPSA) is 69.6 Å². The van der Waals surface area contributed by atoms with E-state index in [0.717, 1.165) is 34.7 Å². The molecular weight excluding hydrogens is 322 g/mol. The lowest BCUT2D eigenvalue weighted by Gasteiger charge is -2.04. The van der Waals surface area contributed by atoms with Crippen LogP contribution in [-0.4, -0.2) is 30.5 Å². The lowest BCUT2D eigenvalue weighted by Crippen LogP contribution is -2.02. The molecule has 24 heavy (non-hydrogen) atoms. The lowest BCUT2D eigenvalue weighted by atomic mass is 10.3. The molecule has 0 aliphatic carbocycles. The molecule has 0 fully saturated rings. The Morgan fingerprint density at radius 1 is 1.08 bits per heavy atom. The van der Waals surface area contributed by atoms with Gasteiger partial charge in [-0.1, -0.05) is 23.9 Å². The molecule has 0 radical (unpaired) electrons. The van der Waals surface area contributed by atoms with Crippen molar-refractivity contribution < 1.29 is 4.42 Å². The van der Waals surface area contributed by atoms with Crippen molar-refractivity contribution in [1.29, 1.82) is 0 Å². The summed E-state index contributed by atoms with van der Waals surface area (Å²) in [6.07, 6.45) is 3.42. The average molecular weight is 337 g/mol. The monoisotopic (exact) mass is 337 g/mol. The highest BCUT2D eigenvalue weighted by molar-refractivity contribution is 7.99. The predicted molar refractivity (Wildman–Crippen MR) is 92.7 cm³/mol. The summed E-state index contributed by atoms with van der Waals surface area (Å²) in [6.45, 7) is 2.86. The zero-order valence-electron chi connectivity index (χ0n) is 13.1. The third-order valence-electron chi connectivity index (χ3n) is 3.72. The van der Waals surface area contributed by atoms with Crippen molar-refractivity contribution in [1.82, 2.24) is 24.7 Å². The standard InChI is InChI=1S/C17H15N5OS/c1-12-19-14-4-2-3-5-15(14)22(12)10-11-24-17-21-20-16(23-17)13-6-8-18-9-7-13/h2-9H,10-11H2,1H3. The summed E-state index contributed by atoms with van der Waals surface area (Å²) in [5.74, 6) is 2.36. The predicted octanol–water partition coefficient (Wildman–Crippen LogP) is 3.58. The minimum absolute atomic E-state index is 0.518. The van der Waals surface area contributed by atoms with Gasteiger partial charge in [0.2, 0.25) is 5.89 Å². The van der Waals surface area contributed by atoms with Gasteiger partial charge in [-0.2, -0.15) is 0 Å². The second kappa shape index (κ2) is 6.45. The number of imidazole rings is 1. The van der Waals surface area contributed by atoms with E-state index in [4.69, 9.17) is 4.42 Å². The van der Waals surface area contributed by atoms with Crippen molar-refractivity contribution in [2.24, 2.45) is 0 Å². The van der Waals surface area contributed by atoms with Crippen molar-refractivity contribution in [3.8, 4) is 11.5 Å². The number of nitrogens with zero attached hydrogens (tertiary/aromatic N) is 5. The molecule has 0 aliphatic heterocycles. The normalized spacial score (nSPS) is 11.2. The highest BCUT2D eigenvalue weighted by Gasteiger charge is 2.10. The summed E-state index contributed by atoms with van der Waals surface area (Å²) in [5.41, 5.74) is 3.05. The van der Waals surface area contributed by atoms with Gasteiger partial charge in [-0.25, -0.2) is 4.98 Å². The maximum Gasteiger partial charge on any atom is 0.276 e. The van der Waals surface area contributed by atoms with Crippen LogP contribution in [0.25, 0.3) is 22.5 Å². The van der Waals surface area contributed by atoms with Gasteiger partial charge in [0, 0.05) is 30.3 Å². The number of benzene rings is 1. The Balaban J connectivity index is 1.44. The average Bonchev–Trinajstić information content (AvgIpc) is 3.21. The van der Waals surface area contributed by atoms with Gasteiger partial charge < -0.3 is 8.98 Å². The maximum atomic E-state index is 5.69. The van der Waals surface area contributed by atoms with E-state index in [1.54, 1.807) is 24.2 Å². The molecule has 0 amide bonds. The quantitative estimate of drug-likeness (QED) is 0.518. The molecule has 3 aromatic heterocycles. The molecule has 0 aliphatic rings. The molecular formula is C17H15N5OS. The summed E-state index contributed by atoms with van der Waals surface area (Å²) < 4.78 is 7.91. The molecule has 0 N–H and O–H groups in total. The van der Waals surface area contributed by atoms with Crippen LogP contribution in [0.3, 0.4) is 0 Å². The fourth-order valence-corrected chi connectivity index (χ4v) is 3.27. The van der Waals surface area contributed by atoms with E-state index in [1.165, 1.54) is 0 Å². The number of thioether (sulfide) groups is 1. The number of fused-ring (bicyclic) bond motifs is 1. The van der Waals surface area contributed by atoms with Crippen LogP contribution in [0.5, 0.6) is 0 Å². The van der Waals surface area contributed by atoms with Gasteiger partial charge in [0.05, 0.1) is 11.0 Å². The molecule has 6 nitrogen and oxygen atoms in total. The minimum atomic E-state index is 0.518. The molecule has 0 unspecified atom stereocenters. The van der Waals surface area contributed by atoms with Crippen molar-refractivity contribution in [3.63, 3.8) is 0 Å². The van der Waals surface area contributed by atoms with E-state index in [2.05, 4.69) is 30.8 Å². The second-order valence-corrected chi connectivity index (χ2v) is 6.30. The molecule has 3 heterocycles. The number of pyridine rings is 1. The van der Waals surface area contributed by atoms with Crippen molar-refractivity contribution in [2.75, 3.05) is 5.75 Å². The number of hydrogen-bond acceptors (Lipinski definition) is 6. The van der Waals surface area contributed by atoms with E-state index < -0.39 is 0 Å². The molecule has 0 atom stereocenters. The molecule has 0 saturated carbocycles. The van der Waals surface area contributed by atoms with Crippen LogP contribution in [0.2, 0.25) is 0 Å². The minimum Gasteiger partial charge on any atom is -0.411 e. The Bertz CT molecular complexity index is 963.